The molecule has 26 heavy (non-hydrogen) atoms. The van der Waals surface area contributed by atoms with E-state index in [2.05, 4.69) is 13.8 Å². The van der Waals surface area contributed by atoms with Crippen LogP contribution in [0, 0.1) is 0 Å². The molecule has 6 nitrogen and oxygen atoms in total. The molecule has 0 saturated carbocycles. The number of carbonyl (C=O) groups is 2. The van der Waals surface area contributed by atoms with Crippen molar-refractivity contribution in [3.05, 3.63) is 0 Å². The molecule has 2 atom stereocenters. The number of aliphatic carboxylic acids is 2. The molecule has 0 fully saturated rings. The van der Waals surface area contributed by atoms with Crippen molar-refractivity contribution in [2.24, 2.45) is 0 Å². The molecular formula is C20H40O6. The molecule has 0 radical (unpaired) electrons. The zero-order valence-electron chi connectivity index (χ0n) is 16.7. The molecule has 0 aliphatic rings. The second-order valence-corrected chi connectivity index (χ2v) is 6.85. The van der Waals surface area contributed by atoms with Crippen LogP contribution in [0.2, 0.25) is 0 Å². The number of unbranched alkanes of at least 4 members (excludes halogenated alkanes) is 8. The molecule has 0 saturated heterocycles. The van der Waals surface area contributed by atoms with Gasteiger partial charge in [0, 0.05) is 6.42 Å². The number of aliphatic hydroxyl groups is 2. The fraction of sp³-hybridized carbons (Fsp3) is 0.900. The van der Waals surface area contributed by atoms with Gasteiger partial charge in [0.05, 0.1) is 6.10 Å². The third-order valence-electron chi connectivity index (χ3n) is 4.20. The lowest BCUT2D eigenvalue weighted by molar-refractivity contribution is -0.147. The highest BCUT2D eigenvalue weighted by Gasteiger charge is 2.11. The molecule has 0 rings (SSSR count). The van der Waals surface area contributed by atoms with Gasteiger partial charge in [0.1, 0.15) is 0 Å². The minimum Gasteiger partial charge on any atom is -0.481 e. The average molecular weight is 377 g/mol. The van der Waals surface area contributed by atoms with E-state index in [9.17, 15) is 14.7 Å². The third kappa shape index (κ3) is 22.9. The van der Waals surface area contributed by atoms with Crippen molar-refractivity contribution in [1.29, 1.82) is 0 Å². The highest BCUT2D eigenvalue weighted by atomic mass is 16.4. The Hall–Kier alpha value is -1.14. The van der Waals surface area contributed by atoms with Crippen molar-refractivity contribution in [2.45, 2.75) is 116 Å². The van der Waals surface area contributed by atoms with Gasteiger partial charge < -0.3 is 20.4 Å². The van der Waals surface area contributed by atoms with Gasteiger partial charge in [0.25, 0.3) is 0 Å². The highest BCUT2D eigenvalue weighted by molar-refractivity contribution is 5.71. The fourth-order valence-electron chi connectivity index (χ4n) is 2.48. The van der Waals surface area contributed by atoms with Gasteiger partial charge in [-0.25, -0.2) is 4.79 Å². The first-order valence-electron chi connectivity index (χ1n) is 10.2. The van der Waals surface area contributed by atoms with E-state index in [-0.39, 0.29) is 6.42 Å². The first-order valence-corrected chi connectivity index (χ1v) is 10.2. The number of carboxylic acids is 2. The summed E-state index contributed by atoms with van der Waals surface area (Å²) in [6.45, 7) is 4.30. The van der Waals surface area contributed by atoms with E-state index in [1.165, 1.54) is 32.1 Å². The number of aliphatic hydroxyl groups excluding tert-OH is 2. The van der Waals surface area contributed by atoms with Crippen LogP contribution in [0.1, 0.15) is 104 Å². The van der Waals surface area contributed by atoms with Gasteiger partial charge in [-0.2, -0.15) is 0 Å². The van der Waals surface area contributed by atoms with E-state index in [0.29, 0.717) is 12.8 Å². The van der Waals surface area contributed by atoms with Crippen molar-refractivity contribution >= 4 is 11.9 Å². The van der Waals surface area contributed by atoms with Gasteiger partial charge in [0.2, 0.25) is 0 Å². The van der Waals surface area contributed by atoms with Gasteiger partial charge >= 0.3 is 11.9 Å². The third-order valence-corrected chi connectivity index (χ3v) is 4.20. The Labute approximate surface area is 158 Å². The van der Waals surface area contributed by atoms with Crippen LogP contribution < -0.4 is 0 Å². The lowest BCUT2D eigenvalue weighted by Gasteiger charge is -2.07. The predicted octanol–water partition coefficient (Wildman–Crippen LogP) is 4.37. The van der Waals surface area contributed by atoms with Gasteiger partial charge in [-0.1, -0.05) is 78.1 Å². The SMILES string of the molecule is CCCCCCC(O)CCC(=O)O.CCCCCCCCC(O)C(=O)O. The maximum Gasteiger partial charge on any atom is 0.332 e. The molecule has 6 heteroatoms. The molecule has 0 aromatic carbocycles. The minimum atomic E-state index is -1.16. The Kier molecular flexibility index (Phi) is 21.0. The largest absolute Gasteiger partial charge is 0.481 e. The molecule has 0 aromatic rings. The Balaban J connectivity index is 0. The minimum absolute atomic E-state index is 0.0783. The van der Waals surface area contributed by atoms with Crippen molar-refractivity contribution in [1.82, 2.24) is 0 Å². The molecule has 0 spiro atoms. The standard InChI is InChI=1S/2C10H20O3/c1-2-3-4-5-6-9(11)7-8-10(12)13;1-2-3-4-5-6-7-8-9(11)10(12)13/h2*9,11H,2-8H2,1H3,(H,12,13). The molecule has 156 valence electrons. The van der Waals surface area contributed by atoms with E-state index < -0.39 is 24.1 Å². The maximum atomic E-state index is 10.2. The summed E-state index contributed by atoms with van der Waals surface area (Å²) < 4.78 is 0. The van der Waals surface area contributed by atoms with Crippen LogP contribution in [0.15, 0.2) is 0 Å². The van der Waals surface area contributed by atoms with Gasteiger partial charge in [-0.3, -0.25) is 4.79 Å². The second-order valence-electron chi connectivity index (χ2n) is 6.85. The number of hydrogen-bond donors (Lipinski definition) is 4. The number of rotatable bonds is 16. The van der Waals surface area contributed by atoms with E-state index in [4.69, 9.17) is 15.3 Å². The van der Waals surface area contributed by atoms with Crippen LogP contribution in [0.5, 0.6) is 0 Å². The monoisotopic (exact) mass is 376 g/mol. The van der Waals surface area contributed by atoms with Crippen molar-refractivity contribution < 1.29 is 30.0 Å². The van der Waals surface area contributed by atoms with E-state index >= 15 is 0 Å². The van der Waals surface area contributed by atoms with Crippen LogP contribution in [-0.2, 0) is 9.59 Å². The van der Waals surface area contributed by atoms with Crippen molar-refractivity contribution in [3.63, 3.8) is 0 Å². The summed E-state index contributed by atoms with van der Waals surface area (Å²) in [6.07, 6.45) is 11.2. The summed E-state index contributed by atoms with van der Waals surface area (Å²) in [5.41, 5.74) is 0. The normalized spacial score (nSPS) is 12.8. The molecule has 0 bridgehead atoms. The Bertz CT molecular complexity index is 332. The molecule has 0 amide bonds. The smallest absolute Gasteiger partial charge is 0.332 e. The Morgan fingerprint density at radius 2 is 1.15 bits per heavy atom. The van der Waals surface area contributed by atoms with E-state index in [1.54, 1.807) is 0 Å². The van der Waals surface area contributed by atoms with Gasteiger partial charge in [0.15, 0.2) is 6.10 Å². The number of carboxylic acid groups (broad SMARTS) is 2. The summed E-state index contributed by atoms with van der Waals surface area (Å²) in [6, 6.07) is 0. The van der Waals surface area contributed by atoms with Crippen LogP contribution in [0.4, 0.5) is 0 Å². The first-order chi connectivity index (χ1) is 12.3. The summed E-state index contributed by atoms with van der Waals surface area (Å²) >= 11 is 0. The molecule has 0 aliphatic heterocycles. The van der Waals surface area contributed by atoms with Crippen LogP contribution in [-0.4, -0.2) is 44.6 Å². The summed E-state index contributed by atoms with van der Waals surface area (Å²) in [5.74, 6) is -1.93. The van der Waals surface area contributed by atoms with E-state index in [1.807, 2.05) is 0 Å². The second kappa shape index (κ2) is 20.2. The van der Waals surface area contributed by atoms with Crippen molar-refractivity contribution in [2.75, 3.05) is 0 Å². The summed E-state index contributed by atoms with van der Waals surface area (Å²) in [4.78, 5) is 20.4. The van der Waals surface area contributed by atoms with Gasteiger partial charge in [-0.15, -0.1) is 0 Å². The van der Waals surface area contributed by atoms with Crippen LogP contribution in [0.3, 0.4) is 0 Å². The van der Waals surface area contributed by atoms with Crippen LogP contribution >= 0.6 is 0 Å². The molecule has 0 heterocycles. The first kappa shape index (κ1) is 27.1. The Morgan fingerprint density at radius 1 is 0.692 bits per heavy atom. The average Bonchev–Trinajstić information content (AvgIpc) is 2.60. The lowest BCUT2D eigenvalue weighted by atomic mass is 10.1. The summed E-state index contributed by atoms with van der Waals surface area (Å²) in [5, 5.41) is 35.0. The highest BCUT2D eigenvalue weighted by Crippen LogP contribution is 2.09. The Morgan fingerprint density at radius 3 is 1.65 bits per heavy atom. The lowest BCUT2D eigenvalue weighted by Crippen LogP contribution is -2.18. The van der Waals surface area contributed by atoms with Crippen LogP contribution in [0.25, 0.3) is 0 Å². The van der Waals surface area contributed by atoms with Gasteiger partial charge in [-0.05, 0) is 19.3 Å². The summed E-state index contributed by atoms with van der Waals surface area (Å²) in [7, 11) is 0. The fourth-order valence-corrected chi connectivity index (χ4v) is 2.48. The predicted molar refractivity (Wildman–Crippen MR) is 103 cm³/mol. The molecule has 0 aliphatic carbocycles. The zero-order valence-corrected chi connectivity index (χ0v) is 16.7. The topological polar surface area (TPSA) is 115 Å². The van der Waals surface area contributed by atoms with Crippen molar-refractivity contribution in [3.8, 4) is 0 Å². The zero-order chi connectivity index (χ0) is 20.2. The molecular weight excluding hydrogens is 336 g/mol. The quantitative estimate of drug-likeness (QED) is 0.297. The molecule has 0 aromatic heterocycles. The number of hydrogen-bond acceptors (Lipinski definition) is 4. The molecule has 2 unspecified atom stereocenters. The maximum absolute atomic E-state index is 10.2. The molecule has 4 N–H and O–H groups in total. The van der Waals surface area contributed by atoms with E-state index in [0.717, 1.165) is 38.5 Å².